The Morgan fingerprint density at radius 3 is 2.32 bits per heavy atom. The molecule has 0 bridgehead atoms. The molecule has 1 aliphatic heterocycles. The van der Waals surface area contributed by atoms with E-state index in [0.717, 1.165) is 18.7 Å². The second-order valence-corrected chi connectivity index (χ2v) is 6.26. The van der Waals surface area contributed by atoms with Crippen LogP contribution >= 0.6 is 0 Å². The molecule has 2 aromatic carbocycles. The van der Waals surface area contributed by atoms with Crippen molar-refractivity contribution in [2.75, 3.05) is 0 Å². The average Bonchev–Trinajstić information content (AvgIpc) is 3.04. The van der Waals surface area contributed by atoms with Gasteiger partial charge in [-0.05, 0) is 16.7 Å². The number of ether oxygens (including phenoxy) is 1. The van der Waals surface area contributed by atoms with Crippen molar-refractivity contribution in [3.8, 4) is 5.75 Å². The zero-order valence-corrected chi connectivity index (χ0v) is 13.9. The lowest BCUT2D eigenvalue weighted by molar-refractivity contribution is 0.241. The maximum absolute atomic E-state index is 12.2. The summed E-state index contributed by atoms with van der Waals surface area (Å²) in [5.74, 6) is 0.905. The Morgan fingerprint density at radius 2 is 1.64 bits per heavy atom. The summed E-state index contributed by atoms with van der Waals surface area (Å²) in [6, 6.07) is 19.7. The molecule has 0 unspecified atom stereocenters. The molecule has 2 heterocycles. The van der Waals surface area contributed by atoms with E-state index < -0.39 is 0 Å². The van der Waals surface area contributed by atoms with Gasteiger partial charge in [0.15, 0.2) is 0 Å². The predicted octanol–water partition coefficient (Wildman–Crippen LogP) is 3.73. The Hall–Kier alpha value is -2.85. The predicted molar refractivity (Wildman–Crippen MR) is 95.1 cm³/mol. The van der Waals surface area contributed by atoms with Gasteiger partial charge in [-0.2, -0.15) is 0 Å². The number of fused-ring (bicyclic) bond motifs is 1. The van der Waals surface area contributed by atoms with Crippen LogP contribution in [0.4, 0.5) is 0 Å². The van der Waals surface area contributed by atoms with E-state index in [1.165, 1.54) is 23.5 Å². The van der Waals surface area contributed by atoms with Gasteiger partial charge in [0.05, 0.1) is 6.54 Å². The molecule has 25 heavy (non-hydrogen) atoms. The van der Waals surface area contributed by atoms with E-state index in [-0.39, 0.29) is 11.2 Å². The summed E-state index contributed by atoms with van der Waals surface area (Å²) in [6.07, 6.45) is 1.42. The number of hydrogen-bond acceptors (Lipinski definition) is 4. The fourth-order valence-electron chi connectivity index (χ4n) is 3.10. The van der Waals surface area contributed by atoms with Gasteiger partial charge in [0.2, 0.25) is 11.2 Å². The molecule has 0 saturated heterocycles. The van der Waals surface area contributed by atoms with Crippen molar-refractivity contribution in [1.82, 2.24) is 4.90 Å². The maximum atomic E-state index is 12.2. The molecule has 3 aromatic rings. The summed E-state index contributed by atoms with van der Waals surface area (Å²) < 4.78 is 11.2. The first-order valence-electron chi connectivity index (χ1n) is 8.35. The van der Waals surface area contributed by atoms with Crippen LogP contribution < -0.4 is 10.2 Å². The van der Waals surface area contributed by atoms with E-state index in [1.807, 2.05) is 30.3 Å². The molecule has 0 atom stereocenters. The van der Waals surface area contributed by atoms with Gasteiger partial charge in [0, 0.05) is 19.2 Å². The third-order valence-electron chi connectivity index (χ3n) is 4.38. The molecule has 0 spiro atoms. The lowest BCUT2D eigenvalue weighted by Crippen LogP contribution is -2.17. The largest absolute Gasteiger partial charge is 0.482 e. The van der Waals surface area contributed by atoms with Gasteiger partial charge < -0.3 is 9.15 Å². The van der Waals surface area contributed by atoms with Crippen molar-refractivity contribution in [2.45, 2.75) is 26.2 Å². The molecule has 4 rings (SSSR count). The highest BCUT2D eigenvalue weighted by Crippen LogP contribution is 2.23. The summed E-state index contributed by atoms with van der Waals surface area (Å²) in [4.78, 5) is 14.5. The summed E-state index contributed by atoms with van der Waals surface area (Å²) in [6.45, 7) is 2.73. The fraction of sp³-hybridized carbons (Fsp3) is 0.190. The van der Waals surface area contributed by atoms with Gasteiger partial charge in [0.1, 0.15) is 18.6 Å². The zero-order chi connectivity index (χ0) is 17.1. The van der Waals surface area contributed by atoms with E-state index in [1.54, 1.807) is 0 Å². The third-order valence-corrected chi connectivity index (χ3v) is 4.38. The van der Waals surface area contributed by atoms with Crippen molar-refractivity contribution in [1.29, 1.82) is 0 Å². The monoisotopic (exact) mass is 333 g/mol. The minimum atomic E-state index is -0.145. The van der Waals surface area contributed by atoms with E-state index in [9.17, 15) is 4.79 Å². The second-order valence-electron chi connectivity index (χ2n) is 6.26. The van der Waals surface area contributed by atoms with E-state index in [4.69, 9.17) is 9.15 Å². The summed E-state index contributed by atoms with van der Waals surface area (Å²) >= 11 is 0. The summed E-state index contributed by atoms with van der Waals surface area (Å²) in [7, 11) is 0. The van der Waals surface area contributed by atoms with E-state index in [2.05, 4.69) is 29.2 Å². The smallest absolute Gasteiger partial charge is 0.227 e. The second kappa shape index (κ2) is 6.95. The van der Waals surface area contributed by atoms with Gasteiger partial charge in [-0.15, -0.1) is 0 Å². The van der Waals surface area contributed by atoms with Crippen LogP contribution in [0.25, 0.3) is 0 Å². The third kappa shape index (κ3) is 3.64. The van der Waals surface area contributed by atoms with Gasteiger partial charge in [0.25, 0.3) is 0 Å². The van der Waals surface area contributed by atoms with Crippen LogP contribution in [0.1, 0.15) is 22.5 Å². The molecule has 0 radical (unpaired) electrons. The van der Waals surface area contributed by atoms with Crippen LogP contribution in [-0.2, 0) is 26.2 Å². The van der Waals surface area contributed by atoms with Crippen molar-refractivity contribution < 1.29 is 9.15 Å². The Morgan fingerprint density at radius 1 is 0.960 bits per heavy atom. The van der Waals surface area contributed by atoms with Gasteiger partial charge in [-0.1, -0.05) is 54.6 Å². The van der Waals surface area contributed by atoms with Crippen LogP contribution in [0.2, 0.25) is 0 Å². The van der Waals surface area contributed by atoms with Crippen molar-refractivity contribution in [3.63, 3.8) is 0 Å². The first kappa shape index (κ1) is 15.7. The first-order valence-corrected chi connectivity index (χ1v) is 8.35. The van der Waals surface area contributed by atoms with E-state index in [0.29, 0.717) is 18.9 Å². The standard InChI is InChI=1S/C21H19NO3/c23-20-10-19(13-22-11-17-8-4-5-9-18(17)12-22)24-15-21(20)25-14-16-6-2-1-3-7-16/h1-10,15H,11-14H2. The molecule has 4 nitrogen and oxygen atoms in total. The minimum Gasteiger partial charge on any atom is -0.482 e. The molecular formula is C21H19NO3. The van der Waals surface area contributed by atoms with Crippen LogP contribution in [0, 0.1) is 0 Å². The topological polar surface area (TPSA) is 42.7 Å². The number of hydrogen-bond donors (Lipinski definition) is 0. The summed E-state index contributed by atoms with van der Waals surface area (Å²) in [5.41, 5.74) is 3.55. The zero-order valence-electron chi connectivity index (χ0n) is 13.9. The van der Waals surface area contributed by atoms with Crippen LogP contribution in [0.5, 0.6) is 5.75 Å². The fourth-order valence-corrected chi connectivity index (χ4v) is 3.10. The summed E-state index contributed by atoms with van der Waals surface area (Å²) in [5, 5.41) is 0. The van der Waals surface area contributed by atoms with Crippen LogP contribution in [0.15, 0.2) is 76.1 Å². The van der Waals surface area contributed by atoms with Crippen molar-refractivity contribution in [2.24, 2.45) is 0 Å². The lowest BCUT2D eigenvalue weighted by atomic mass is 10.1. The van der Waals surface area contributed by atoms with Crippen molar-refractivity contribution in [3.05, 3.63) is 99.6 Å². The maximum Gasteiger partial charge on any atom is 0.227 e. The molecular weight excluding hydrogens is 314 g/mol. The SMILES string of the molecule is O=c1cc(CN2Cc3ccccc3C2)occ1OCc1ccccc1. The van der Waals surface area contributed by atoms with Crippen LogP contribution in [0.3, 0.4) is 0 Å². The average molecular weight is 333 g/mol. The Balaban J connectivity index is 1.40. The van der Waals surface area contributed by atoms with Gasteiger partial charge in [-0.3, -0.25) is 9.69 Å². The molecule has 4 heteroatoms. The molecule has 0 fully saturated rings. The number of rotatable bonds is 5. The molecule has 1 aromatic heterocycles. The van der Waals surface area contributed by atoms with Gasteiger partial charge in [-0.25, -0.2) is 0 Å². The van der Waals surface area contributed by atoms with Crippen LogP contribution in [-0.4, -0.2) is 4.90 Å². The molecule has 1 aliphatic rings. The lowest BCUT2D eigenvalue weighted by Gasteiger charge is -2.14. The highest BCUT2D eigenvalue weighted by atomic mass is 16.5. The number of benzene rings is 2. The molecule has 0 saturated carbocycles. The quantitative estimate of drug-likeness (QED) is 0.713. The highest BCUT2D eigenvalue weighted by molar-refractivity contribution is 5.30. The molecule has 0 aliphatic carbocycles. The Bertz CT molecular complexity index is 893. The first-order chi connectivity index (χ1) is 12.3. The van der Waals surface area contributed by atoms with Crippen molar-refractivity contribution >= 4 is 0 Å². The molecule has 0 N–H and O–H groups in total. The molecule has 126 valence electrons. The van der Waals surface area contributed by atoms with Gasteiger partial charge >= 0.3 is 0 Å². The number of nitrogens with zero attached hydrogens (tertiary/aromatic N) is 1. The molecule has 0 amide bonds. The Kier molecular flexibility index (Phi) is 4.36. The highest BCUT2D eigenvalue weighted by Gasteiger charge is 2.19. The Labute approximate surface area is 146 Å². The normalized spacial score (nSPS) is 13.6. The van der Waals surface area contributed by atoms with E-state index >= 15 is 0 Å². The minimum absolute atomic E-state index is 0.145.